The summed E-state index contributed by atoms with van der Waals surface area (Å²) >= 11 is 0. The van der Waals surface area contributed by atoms with Crippen LogP contribution in [0, 0.1) is 22.7 Å². The quantitative estimate of drug-likeness (QED) is 0.854. The average molecular weight is 320 g/mol. The molecular formula is C17H16N6O. The van der Waals surface area contributed by atoms with Crippen LogP contribution in [0.5, 0.6) is 0 Å². The van der Waals surface area contributed by atoms with Crippen molar-refractivity contribution in [2.24, 2.45) is 0 Å². The molecule has 0 atom stereocenters. The zero-order valence-corrected chi connectivity index (χ0v) is 13.1. The van der Waals surface area contributed by atoms with Crippen molar-refractivity contribution < 1.29 is 4.42 Å². The molecule has 2 fully saturated rings. The normalized spacial score (nSPS) is 17.4. The van der Waals surface area contributed by atoms with Crippen molar-refractivity contribution >= 4 is 11.7 Å². The Morgan fingerprint density at radius 3 is 2.50 bits per heavy atom. The molecule has 0 amide bonds. The highest BCUT2D eigenvalue weighted by atomic mass is 16.4. The molecule has 4 rings (SSSR count). The maximum Gasteiger partial charge on any atom is 0.234 e. The number of hydrogen-bond donors (Lipinski definition) is 0. The lowest BCUT2D eigenvalue weighted by Crippen LogP contribution is -2.47. The van der Waals surface area contributed by atoms with Gasteiger partial charge in [-0.1, -0.05) is 0 Å². The zero-order valence-electron chi connectivity index (χ0n) is 13.1. The highest BCUT2D eigenvalue weighted by molar-refractivity contribution is 5.56. The fourth-order valence-corrected chi connectivity index (χ4v) is 2.98. The molecule has 2 aromatic rings. The van der Waals surface area contributed by atoms with Crippen LogP contribution in [-0.2, 0) is 0 Å². The van der Waals surface area contributed by atoms with Gasteiger partial charge in [0.25, 0.3) is 0 Å². The molecule has 7 heteroatoms. The lowest BCUT2D eigenvalue weighted by atomic mass is 10.2. The van der Waals surface area contributed by atoms with Crippen LogP contribution in [0.4, 0.5) is 11.7 Å². The van der Waals surface area contributed by atoms with Gasteiger partial charge in [0.15, 0.2) is 0 Å². The van der Waals surface area contributed by atoms with Gasteiger partial charge in [0.1, 0.15) is 18.0 Å². The molecule has 0 bridgehead atoms. The van der Waals surface area contributed by atoms with Crippen LogP contribution < -0.4 is 9.80 Å². The van der Waals surface area contributed by atoms with Crippen molar-refractivity contribution in [2.75, 3.05) is 36.0 Å². The first kappa shape index (κ1) is 14.5. The Kier molecular flexibility index (Phi) is 3.55. The van der Waals surface area contributed by atoms with E-state index < -0.39 is 0 Å². The number of nitriles is 2. The zero-order chi connectivity index (χ0) is 16.5. The first-order chi connectivity index (χ1) is 11.8. The van der Waals surface area contributed by atoms with E-state index in [1.54, 1.807) is 18.3 Å². The Bertz CT molecular complexity index is 833. The molecule has 120 valence electrons. The van der Waals surface area contributed by atoms with Gasteiger partial charge in [-0.15, -0.1) is 0 Å². The average Bonchev–Trinajstić information content (AvgIpc) is 3.41. The van der Waals surface area contributed by atoms with Crippen LogP contribution in [0.1, 0.15) is 35.9 Å². The molecule has 2 aliphatic rings. The number of rotatable bonds is 3. The highest BCUT2D eigenvalue weighted by Gasteiger charge is 2.32. The van der Waals surface area contributed by atoms with Gasteiger partial charge in [0.2, 0.25) is 17.5 Å². The molecule has 7 nitrogen and oxygen atoms in total. The van der Waals surface area contributed by atoms with Crippen LogP contribution in [0.25, 0.3) is 0 Å². The minimum Gasteiger partial charge on any atom is -0.423 e. The molecule has 1 saturated heterocycles. The van der Waals surface area contributed by atoms with E-state index in [4.69, 9.17) is 4.42 Å². The van der Waals surface area contributed by atoms with E-state index in [1.165, 1.54) is 0 Å². The molecule has 0 spiro atoms. The third-order valence-corrected chi connectivity index (χ3v) is 4.43. The molecule has 0 aromatic carbocycles. The predicted octanol–water partition coefficient (Wildman–Crippen LogP) is 2.02. The molecule has 1 aliphatic carbocycles. The Hall–Kier alpha value is -3.06. The van der Waals surface area contributed by atoms with Crippen molar-refractivity contribution in [3.63, 3.8) is 0 Å². The van der Waals surface area contributed by atoms with Crippen LogP contribution >= 0.6 is 0 Å². The van der Waals surface area contributed by atoms with Crippen LogP contribution in [0.15, 0.2) is 22.7 Å². The lowest BCUT2D eigenvalue weighted by molar-refractivity contribution is 0.478. The Balaban J connectivity index is 1.50. The molecule has 1 saturated carbocycles. The third-order valence-electron chi connectivity index (χ3n) is 4.43. The van der Waals surface area contributed by atoms with Gasteiger partial charge in [-0.2, -0.15) is 10.5 Å². The van der Waals surface area contributed by atoms with Crippen LogP contribution in [0.2, 0.25) is 0 Å². The summed E-state index contributed by atoms with van der Waals surface area (Å²) < 4.78 is 5.86. The van der Waals surface area contributed by atoms with E-state index in [0.717, 1.165) is 31.7 Å². The van der Waals surface area contributed by atoms with Gasteiger partial charge < -0.3 is 14.2 Å². The monoisotopic (exact) mass is 320 g/mol. The third kappa shape index (κ3) is 2.55. The molecule has 1 aliphatic heterocycles. The van der Waals surface area contributed by atoms with E-state index in [-0.39, 0.29) is 0 Å². The number of pyridine rings is 1. The second-order valence-corrected chi connectivity index (χ2v) is 6.05. The minimum absolute atomic E-state index is 0.376. The highest BCUT2D eigenvalue weighted by Crippen LogP contribution is 2.41. The molecule has 2 aromatic heterocycles. The van der Waals surface area contributed by atoms with E-state index >= 15 is 0 Å². The summed E-state index contributed by atoms with van der Waals surface area (Å²) in [5, 5.41) is 18.5. The number of hydrogen-bond acceptors (Lipinski definition) is 7. The van der Waals surface area contributed by atoms with Crippen molar-refractivity contribution in [1.29, 1.82) is 10.5 Å². The van der Waals surface area contributed by atoms with Crippen molar-refractivity contribution in [1.82, 2.24) is 9.97 Å². The van der Waals surface area contributed by atoms with Gasteiger partial charge in [-0.3, -0.25) is 0 Å². The predicted molar refractivity (Wildman–Crippen MR) is 86.6 cm³/mol. The number of anilines is 2. The Morgan fingerprint density at radius 1 is 1.08 bits per heavy atom. The van der Waals surface area contributed by atoms with E-state index in [0.29, 0.717) is 42.0 Å². The largest absolute Gasteiger partial charge is 0.423 e. The van der Waals surface area contributed by atoms with Crippen LogP contribution in [-0.4, -0.2) is 36.1 Å². The topological polar surface area (TPSA) is 93.0 Å². The molecular weight excluding hydrogens is 304 g/mol. The smallest absolute Gasteiger partial charge is 0.234 e. The first-order valence-corrected chi connectivity index (χ1v) is 8.06. The summed E-state index contributed by atoms with van der Waals surface area (Å²) in [6.45, 7) is 2.84. The minimum atomic E-state index is 0.376. The van der Waals surface area contributed by atoms with Gasteiger partial charge in [0.05, 0.1) is 5.56 Å². The second kappa shape index (κ2) is 5.86. The Labute approximate surface area is 139 Å². The number of piperazine rings is 1. The molecule has 0 N–H and O–H groups in total. The second-order valence-electron chi connectivity index (χ2n) is 6.05. The molecule has 0 unspecified atom stereocenters. The van der Waals surface area contributed by atoms with E-state index in [9.17, 15) is 10.5 Å². The summed E-state index contributed by atoms with van der Waals surface area (Å²) in [5.74, 6) is 2.39. The fourth-order valence-electron chi connectivity index (χ4n) is 2.98. The summed E-state index contributed by atoms with van der Waals surface area (Å²) in [6, 6.07) is 7.88. The summed E-state index contributed by atoms with van der Waals surface area (Å²) in [4.78, 5) is 12.8. The van der Waals surface area contributed by atoms with Crippen molar-refractivity contribution in [3.8, 4) is 12.1 Å². The maximum absolute atomic E-state index is 9.31. The standard InChI is InChI=1S/C17H16N6O/c18-10-13-2-1-5-20-15(13)22-6-8-23(9-7-22)17-14(11-19)21-16(24-17)12-3-4-12/h1-2,5,12H,3-4,6-9H2. The number of oxazole rings is 1. The maximum atomic E-state index is 9.31. The summed E-state index contributed by atoms with van der Waals surface area (Å²) in [7, 11) is 0. The van der Waals surface area contributed by atoms with Gasteiger partial charge in [-0.25, -0.2) is 9.97 Å². The summed E-state index contributed by atoms with van der Waals surface area (Å²) in [6.07, 6.45) is 3.89. The van der Waals surface area contributed by atoms with Crippen LogP contribution in [0.3, 0.4) is 0 Å². The fraction of sp³-hybridized carbons (Fsp3) is 0.412. The van der Waals surface area contributed by atoms with Crippen molar-refractivity contribution in [2.45, 2.75) is 18.8 Å². The SMILES string of the molecule is N#Cc1cccnc1N1CCN(c2oc(C3CC3)nc2C#N)CC1. The van der Waals surface area contributed by atoms with E-state index in [1.807, 2.05) is 0 Å². The molecule has 24 heavy (non-hydrogen) atoms. The van der Waals surface area contributed by atoms with Gasteiger partial charge >= 0.3 is 0 Å². The number of nitrogens with zero attached hydrogens (tertiary/aromatic N) is 6. The first-order valence-electron chi connectivity index (χ1n) is 8.06. The molecule has 0 radical (unpaired) electrons. The van der Waals surface area contributed by atoms with Gasteiger partial charge in [-0.05, 0) is 25.0 Å². The van der Waals surface area contributed by atoms with E-state index in [2.05, 4.69) is 31.9 Å². The Morgan fingerprint density at radius 2 is 1.83 bits per heavy atom. The van der Waals surface area contributed by atoms with Gasteiger partial charge in [0, 0.05) is 38.3 Å². The van der Waals surface area contributed by atoms with Crippen molar-refractivity contribution in [3.05, 3.63) is 35.5 Å². The molecule has 3 heterocycles. The summed E-state index contributed by atoms with van der Waals surface area (Å²) in [5.41, 5.74) is 0.959. The number of aromatic nitrogens is 2. The lowest BCUT2D eigenvalue weighted by Gasteiger charge is -2.35.